The molecular weight excluding hydrogens is 246 g/mol. The second-order valence-electron chi connectivity index (χ2n) is 5.29. The number of benzene rings is 1. The van der Waals surface area contributed by atoms with Crippen LogP contribution in [0.15, 0.2) is 30.3 Å². The first-order chi connectivity index (χ1) is 8.72. The molecule has 0 aliphatic rings. The molecule has 3 N–H and O–H groups in total. The van der Waals surface area contributed by atoms with Crippen LogP contribution in [0.3, 0.4) is 0 Å². The van der Waals surface area contributed by atoms with Gasteiger partial charge < -0.3 is 15.6 Å². The molecule has 5 heteroatoms. The maximum Gasteiger partial charge on any atom is 0.322 e. The molecular formula is C14H19NO4. The van der Waals surface area contributed by atoms with Gasteiger partial charge in [0.25, 0.3) is 0 Å². The molecule has 0 aliphatic carbocycles. The van der Waals surface area contributed by atoms with E-state index in [-0.39, 0.29) is 0 Å². The third-order valence-corrected chi connectivity index (χ3v) is 2.47. The molecule has 0 saturated carbocycles. The molecule has 0 radical (unpaired) electrons. The molecule has 0 aromatic heterocycles. The van der Waals surface area contributed by atoms with E-state index in [4.69, 9.17) is 10.5 Å². The van der Waals surface area contributed by atoms with Crippen molar-refractivity contribution in [3.8, 4) is 0 Å². The minimum absolute atomic E-state index is 0.584. The van der Waals surface area contributed by atoms with Gasteiger partial charge in [-0.05, 0) is 26.3 Å². The number of carboxylic acids is 1. The molecule has 2 atom stereocenters. The molecule has 0 aliphatic heterocycles. The maximum atomic E-state index is 11.9. The van der Waals surface area contributed by atoms with E-state index in [9.17, 15) is 14.7 Å². The second kappa shape index (κ2) is 5.84. The molecule has 0 heterocycles. The van der Waals surface area contributed by atoms with Crippen molar-refractivity contribution in [3.05, 3.63) is 35.9 Å². The standard InChI is InChI=1S/C14H19NO4/c1-14(2,3)19-13(18)10(12(16)17)11(15)9-7-5-4-6-8-9/h4-8,10-11H,15H2,1-3H3,(H,16,17). The Kier molecular flexibility index (Phi) is 4.67. The van der Waals surface area contributed by atoms with Crippen LogP contribution in [-0.2, 0) is 14.3 Å². The monoisotopic (exact) mass is 265 g/mol. The molecule has 104 valence electrons. The third-order valence-electron chi connectivity index (χ3n) is 2.47. The first kappa shape index (κ1) is 15.2. The van der Waals surface area contributed by atoms with Crippen molar-refractivity contribution in [1.82, 2.24) is 0 Å². The summed E-state index contributed by atoms with van der Waals surface area (Å²) in [5.41, 5.74) is 5.71. The summed E-state index contributed by atoms with van der Waals surface area (Å²) in [7, 11) is 0. The minimum atomic E-state index is -1.42. The molecule has 0 amide bonds. The van der Waals surface area contributed by atoms with E-state index in [1.54, 1.807) is 51.1 Å². The van der Waals surface area contributed by atoms with Crippen molar-refractivity contribution < 1.29 is 19.4 Å². The predicted octanol–water partition coefficient (Wildman–Crippen LogP) is 1.73. The zero-order valence-electron chi connectivity index (χ0n) is 11.3. The van der Waals surface area contributed by atoms with Crippen molar-refractivity contribution in [3.63, 3.8) is 0 Å². The number of esters is 1. The number of carbonyl (C=O) groups is 2. The molecule has 0 fully saturated rings. The van der Waals surface area contributed by atoms with Crippen LogP contribution in [0.2, 0.25) is 0 Å². The van der Waals surface area contributed by atoms with Crippen LogP contribution in [0.5, 0.6) is 0 Å². The number of carbonyl (C=O) groups excluding carboxylic acids is 1. The van der Waals surface area contributed by atoms with E-state index >= 15 is 0 Å². The van der Waals surface area contributed by atoms with Gasteiger partial charge in [-0.25, -0.2) is 0 Å². The summed E-state index contributed by atoms with van der Waals surface area (Å²) < 4.78 is 5.10. The first-order valence-electron chi connectivity index (χ1n) is 5.98. The highest BCUT2D eigenvalue weighted by Gasteiger charge is 2.37. The molecule has 19 heavy (non-hydrogen) atoms. The van der Waals surface area contributed by atoms with Gasteiger partial charge in [0, 0.05) is 0 Å². The van der Waals surface area contributed by atoms with Gasteiger partial charge in [0.15, 0.2) is 5.92 Å². The lowest BCUT2D eigenvalue weighted by Crippen LogP contribution is -2.39. The zero-order valence-corrected chi connectivity index (χ0v) is 11.3. The molecule has 1 aromatic carbocycles. The SMILES string of the molecule is CC(C)(C)OC(=O)C(C(=O)O)C(N)c1ccccc1. The van der Waals surface area contributed by atoms with E-state index in [1.807, 2.05) is 0 Å². The summed E-state index contributed by atoms with van der Waals surface area (Å²) in [6.07, 6.45) is 0. The van der Waals surface area contributed by atoms with E-state index in [1.165, 1.54) is 0 Å². The van der Waals surface area contributed by atoms with Crippen LogP contribution in [0.25, 0.3) is 0 Å². The summed E-state index contributed by atoms with van der Waals surface area (Å²) in [6, 6.07) is 7.70. The Morgan fingerprint density at radius 1 is 1.21 bits per heavy atom. The largest absolute Gasteiger partial charge is 0.481 e. The predicted molar refractivity (Wildman–Crippen MR) is 70.3 cm³/mol. The molecule has 0 bridgehead atoms. The fraction of sp³-hybridized carbons (Fsp3) is 0.429. The van der Waals surface area contributed by atoms with Crippen LogP contribution >= 0.6 is 0 Å². The van der Waals surface area contributed by atoms with Gasteiger partial charge in [-0.1, -0.05) is 30.3 Å². The average molecular weight is 265 g/mol. The number of nitrogens with two attached hydrogens (primary N) is 1. The number of carboxylic acid groups (broad SMARTS) is 1. The van der Waals surface area contributed by atoms with Crippen molar-refractivity contribution in [2.24, 2.45) is 11.7 Å². The Hall–Kier alpha value is -1.88. The van der Waals surface area contributed by atoms with Gasteiger partial charge in [-0.3, -0.25) is 9.59 Å². The highest BCUT2D eigenvalue weighted by Crippen LogP contribution is 2.23. The fourth-order valence-electron chi connectivity index (χ4n) is 1.63. The lowest BCUT2D eigenvalue weighted by Gasteiger charge is -2.25. The maximum absolute atomic E-state index is 11.9. The second-order valence-corrected chi connectivity index (χ2v) is 5.29. The highest BCUT2D eigenvalue weighted by atomic mass is 16.6. The molecule has 2 unspecified atom stereocenters. The minimum Gasteiger partial charge on any atom is -0.481 e. The summed E-state index contributed by atoms with van der Waals surface area (Å²) in [6.45, 7) is 5.04. The Balaban J connectivity index is 2.96. The van der Waals surface area contributed by atoms with Crippen molar-refractivity contribution in [2.75, 3.05) is 0 Å². The molecule has 1 aromatic rings. The summed E-state index contributed by atoms with van der Waals surface area (Å²) in [5, 5.41) is 9.19. The van der Waals surface area contributed by atoms with Crippen molar-refractivity contribution in [2.45, 2.75) is 32.4 Å². The zero-order chi connectivity index (χ0) is 14.6. The van der Waals surface area contributed by atoms with Crippen LogP contribution in [0.4, 0.5) is 0 Å². The molecule has 5 nitrogen and oxygen atoms in total. The molecule has 0 saturated heterocycles. The van der Waals surface area contributed by atoms with Gasteiger partial charge in [0.2, 0.25) is 0 Å². The Labute approximate surface area is 112 Å². The van der Waals surface area contributed by atoms with Crippen molar-refractivity contribution >= 4 is 11.9 Å². The number of hydrogen-bond donors (Lipinski definition) is 2. The van der Waals surface area contributed by atoms with E-state index in [0.717, 1.165) is 0 Å². The number of rotatable bonds is 4. The van der Waals surface area contributed by atoms with Crippen LogP contribution in [0.1, 0.15) is 32.4 Å². The normalized spacial score (nSPS) is 14.5. The van der Waals surface area contributed by atoms with Crippen LogP contribution < -0.4 is 5.73 Å². The quantitative estimate of drug-likeness (QED) is 0.639. The van der Waals surface area contributed by atoms with E-state index < -0.39 is 29.5 Å². The number of hydrogen-bond acceptors (Lipinski definition) is 4. The smallest absolute Gasteiger partial charge is 0.322 e. The highest BCUT2D eigenvalue weighted by molar-refractivity contribution is 5.95. The lowest BCUT2D eigenvalue weighted by molar-refractivity contribution is -0.167. The Morgan fingerprint density at radius 3 is 2.16 bits per heavy atom. The third kappa shape index (κ3) is 4.37. The summed E-state index contributed by atoms with van der Waals surface area (Å²) >= 11 is 0. The van der Waals surface area contributed by atoms with Gasteiger partial charge >= 0.3 is 11.9 Å². The molecule has 0 spiro atoms. The van der Waals surface area contributed by atoms with Gasteiger partial charge in [0.05, 0.1) is 6.04 Å². The van der Waals surface area contributed by atoms with Gasteiger partial charge in [0.1, 0.15) is 5.60 Å². The Bertz CT molecular complexity index is 450. The lowest BCUT2D eigenvalue weighted by atomic mass is 9.93. The molecule has 1 rings (SSSR count). The van der Waals surface area contributed by atoms with E-state index in [2.05, 4.69) is 0 Å². The number of aliphatic carboxylic acids is 1. The van der Waals surface area contributed by atoms with E-state index in [0.29, 0.717) is 5.56 Å². The fourth-order valence-corrected chi connectivity index (χ4v) is 1.63. The Morgan fingerprint density at radius 2 is 1.74 bits per heavy atom. The topological polar surface area (TPSA) is 89.6 Å². The summed E-state index contributed by atoms with van der Waals surface area (Å²) in [5.74, 6) is -3.52. The number of ether oxygens (including phenoxy) is 1. The summed E-state index contributed by atoms with van der Waals surface area (Å²) in [4.78, 5) is 23.2. The van der Waals surface area contributed by atoms with Crippen LogP contribution in [-0.4, -0.2) is 22.6 Å². The van der Waals surface area contributed by atoms with Gasteiger partial charge in [-0.2, -0.15) is 0 Å². The van der Waals surface area contributed by atoms with Gasteiger partial charge in [-0.15, -0.1) is 0 Å². The average Bonchev–Trinajstić information content (AvgIpc) is 2.27. The first-order valence-corrected chi connectivity index (χ1v) is 5.98. The van der Waals surface area contributed by atoms with Crippen LogP contribution in [0, 0.1) is 5.92 Å². The van der Waals surface area contributed by atoms with Crippen molar-refractivity contribution in [1.29, 1.82) is 0 Å².